The van der Waals surface area contributed by atoms with Gasteiger partial charge in [-0.1, -0.05) is 17.5 Å². The molecule has 2 aliphatic heterocycles. The molecule has 0 saturated carbocycles. The van der Waals surface area contributed by atoms with Gasteiger partial charge in [-0.05, 0) is 76.3 Å². The number of piperidine rings is 1. The van der Waals surface area contributed by atoms with Gasteiger partial charge in [0, 0.05) is 43.8 Å². The number of likely N-dealkylation sites (tertiary alicyclic amines) is 1. The lowest BCUT2D eigenvalue weighted by Crippen LogP contribution is -2.51. The van der Waals surface area contributed by atoms with Crippen molar-refractivity contribution in [2.45, 2.75) is 77.0 Å². The van der Waals surface area contributed by atoms with E-state index in [0.29, 0.717) is 90.3 Å². The second-order valence-electron chi connectivity index (χ2n) is 14.5. The van der Waals surface area contributed by atoms with Crippen LogP contribution in [0.3, 0.4) is 0 Å². The molecular weight excluding hydrogens is 728 g/mol. The van der Waals surface area contributed by atoms with Crippen molar-refractivity contribution in [2.75, 3.05) is 77.4 Å². The van der Waals surface area contributed by atoms with Crippen LogP contribution < -0.4 is 10.2 Å². The number of hydrogen-bond donors (Lipinski definition) is 1. The van der Waals surface area contributed by atoms with E-state index in [-0.39, 0.29) is 37.5 Å². The SMILES string of the molecule is C#CCOCCOCCOCCOCCC(=O)NCCCCn1c(CN2C(=O)C3(CCN(C(=O)OC(C)(C)C)CC3)c3ccncc32)nc2cc(Cl)ccc21. The molecule has 2 aromatic heterocycles. The number of ether oxygens (including phenoxy) is 5. The highest BCUT2D eigenvalue weighted by molar-refractivity contribution is 6.31. The number of amides is 3. The van der Waals surface area contributed by atoms with Crippen LogP contribution in [0.1, 0.15) is 64.3 Å². The van der Waals surface area contributed by atoms with Crippen molar-refractivity contribution in [3.05, 3.63) is 53.1 Å². The van der Waals surface area contributed by atoms with E-state index in [1.54, 1.807) is 22.2 Å². The number of nitrogens with zero attached hydrogens (tertiary/aromatic N) is 5. The number of carbonyl (C=O) groups is 3. The second kappa shape index (κ2) is 20.1. The number of imidazole rings is 1. The first kappa shape index (κ1) is 41.9. The predicted octanol–water partition coefficient (Wildman–Crippen LogP) is 4.89. The number of halogens is 1. The van der Waals surface area contributed by atoms with Crippen molar-refractivity contribution in [2.24, 2.45) is 0 Å². The van der Waals surface area contributed by atoms with E-state index in [2.05, 4.69) is 20.8 Å². The van der Waals surface area contributed by atoms with Gasteiger partial charge in [-0.2, -0.15) is 0 Å². The molecule has 1 aromatic carbocycles. The first-order valence-corrected chi connectivity index (χ1v) is 19.3. The summed E-state index contributed by atoms with van der Waals surface area (Å²) < 4.78 is 29.2. The van der Waals surface area contributed by atoms with E-state index in [0.717, 1.165) is 41.0 Å². The number of unbranched alkanes of at least 4 members (excludes halogenated alkanes) is 1. The fraction of sp³-hybridized carbons (Fsp3) is 0.575. The molecule has 1 saturated heterocycles. The minimum Gasteiger partial charge on any atom is -0.444 e. The average molecular weight is 781 g/mol. The minimum atomic E-state index is -0.761. The first-order chi connectivity index (χ1) is 26.5. The standard InChI is InChI=1S/C40H53ClN6O8/c1-5-19-51-21-23-53-25-26-54-24-22-52-20-11-36(48)43-14-6-7-16-46-33-9-8-30(41)27-32(33)44-35(46)29-47-34-28-42-15-10-31(34)40(37(47)49)12-17-45(18-13-40)38(50)55-39(2,3)4/h1,8-10,15,27-28H,6-7,11-14,16-26,29H2,2-4H3,(H,43,48). The molecule has 0 atom stereocenters. The molecule has 5 rings (SSSR count). The smallest absolute Gasteiger partial charge is 0.410 e. The number of pyridine rings is 1. The van der Waals surface area contributed by atoms with Gasteiger partial charge in [-0.25, -0.2) is 9.78 Å². The number of aromatic nitrogens is 3. The third-order valence-corrected chi connectivity index (χ3v) is 9.76. The lowest BCUT2D eigenvalue weighted by atomic mass is 9.74. The molecule has 3 aromatic rings. The van der Waals surface area contributed by atoms with Crippen molar-refractivity contribution in [1.82, 2.24) is 24.8 Å². The molecule has 14 nitrogen and oxygen atoms in total. The first-order valence-electron chi connectivity index (χ1n) is 18.9. The summed E-state index contributed by atoms with van der Waals surface area (Å²) in [6.45, 7) is 11.0. The van der Waals surface area contributed by atoms with Crippen molar-refractivity contribution in [3.8, 4) is 12.3 Å². The molecule has 1 N–H and O–H groups in total. The fourth-order valence-corrected chi connectivity index (χ4v) is 7.02. The Balaban J connectivity index is 1.09. The number of aryl methyl sites for hydroxylation is 1. The Kier molecular flexibility index (Phi) is 15.3. The summed E-state index contributed by atoms with van der Waals surface area (Å²) in [6, 6.07) is 7.54. The van der Waals surface area contributed by atoms with E-state index in [1.165, 1.54) is 0 Å². The maximum Gasteiger partial charge on any atom is 0.410 e. The molecular formula is C40H53ClN6O8. The zero-order chi connectivity index (χ0) is 39.3. The summed E-state index contributed by atoms with van der Waals surface area (Å²) in [5.74, 6) is 3.04. The number of terminal acetylenes is 1. The van der Waals surface area contributed by atoms with Gasteiger partial charge < -0.3 is 43.4 Å². The van der Waals surface area contributed by atoms with Gasteiger partial charge in [0.25, 0.3) is 0 Å². The summed E-state index contributed by atoms with van der Waals surface area (Å²) in [7, 11) is 0. The van der Waals surface area contributed by atoms with Crippen LogP contribution in [0.4, 0.5) is 10.5 Å². The molecule has 15 heteroatoms. The zero-order valence-corrected chi connectivity index (χ0v) is 32.9. The van der Waals surface area contributed by atoms with Crippen LogP contribution in [0.5, 0.6) is 0 Å². The van der Waals surface area contributed by atoms with Crippen LogP contribution in [0.25, 0.3) is 11.0 Å². The molecule has 1 fully saturated rings. The third-order valence-electron chi connectivity index (χ3n) is 9.52. The molecule has 298 valence electrons. The Morgan fingerprint density at radius 1 is 0.982 bits per heavy atom. The summed E-state index contributed by atoms with van der Waals surface area (Å²) in [6.07, 6.45) is 11.0. The van der Waals surface area contributed by atoms with E-state index in [1.807, 2.05) is 45.0 Å². The Morgan fingerprint density at radius 3 is 2.36 bits per heavy atom. The number of carbonyl (C=O) groups excluding carboxylic acids is 3. The normalized spacial score (nSPS) is 15.1. The van der Waals surface area contributed by atoms with Crippen molar-refractivity contribution in [3.63, 3.8) is 0 Å². The number of hydrogen-bond acceptors (Lipinski definition) is 10. The monoisotopic (exact) mass is 780 g/mol. The second-order valence-corrected chi connectivity index (χ2v) is 15.0. The average Bonchev–Trinajstić information content (AvgIpc) is 3.60. The molecule has 1 spiro atoms. The Labute approximate surface area is 328 Å². The molecule has 4 heterocycles. The molecule has 0 aliphatic carbocycles. The number of rotatable bonds is 20. The molecule has 3 amide bonds. The number of nitrogens with one attached hydrogen (secondary N) is 1. The van der Waals surface area contributed by atoms with E-state index in [9.17, 15) is 14.4 Å². The van der Waals surface area contributed by atoms with E-state index < -0.39 is 11.0 Å². The van der Waals surface area contributed by atoms with Gasteiger partial charge in [-0.15, -0.1) is 6.42 Å². The number of benzene rings is 1. The van der Waals surface area contributed by atoms with Gasteiger partial charge in [0.15, 0.2) is 0 Å². The lowest BCUT2D eigenvalue weighted by Gasteiger charge is -2.38. The van der Waals surface area contributed by atoms with Crippen LogP contribution in [0, 0.1) is 12.3 Å². The highest BCUT2D eigenvalue weighted by Crippen LogP contribution is 2.48. The van der Waals surface area contributed by atoms with Gasteiger partial charge in [0.05, 0.1) is 81.1 Å². The Hall–Kier alpha value is -4.26. The van der Waals surface area contributed by atoms with Crippen LogP contribution in [-0.2, 0) is 51.8 Å². The summed E-state index contributed by atoms with van der Waals surface area (Å²) in [5.41, 5.74) is 1.99. The summed E-state index contributed by atoms with van der Waals surface area (Å²) in [4.78, 5) is 52.5. The van der Waals surface area contributed by atoms with Crippen molar-refractivity contribution < 1.29 is 38.1 Å². The quantitative estimate of drug-likeness (QED) is 0.124. The van der Waals surface area contributed by atoms with Gasteiger partial charge in [0.2, 0.25) is 11.8 Å². The highest BCUT2D eigenvalue weighted by atomic mass is 35.5. The third kappa shape index (κ3) is 11.4. The van der Waals surface area contributed by atoms with Gasteiger partial charge in [-0.3, -0.25) is 14.6 Å². The number of fused-ring (bicyclic) bond motifs is 3. The van der Waals surface area contributed by atoms with Crippen LogP contribution in [0.2, 0.25) is 5.02 Å². The fourth-order valence-electron chi connectivity index (χ4n) is 6.86. The Bertz CT molecular complexity index is 1800. The van der Waals surface area contributed by atoms with Crippen molar-refractivity contribution in [1.29, 1.82) is 0 Å². The van der Waals surface area contributed by atoms with E-state index in [4.69, 9.17) is 46.7 Å². The summed E-state index contributed by atoms with van der Waals surface area (Å²) in [5, 5.41) is 3.55. The molecule has 0 unspecified atom stereocenters. The Morgan fingerprint density at radius 2 is 1.67 bits per heavy atom. The van der Waals surface area contributed by atoms with Crippen LogP contribution in [-0.4, -0.2) is 115 Å². The van der Waals surface area contributed by atoms with Crippen molar-refractivity contribution >= 4 is 46.2 Å². The largest absolute Gasteiger partial charge is 0.444 e. The summed E-state index contributed by atoms with van der Waals surface area (Å²) >= 11 is 6.36. The minimum absolute atomic E-state index is 0.0145. The van der Waals surface area contributed by atoms with Gasteiger partial charge in [0.1, 0.15) is 18.0 Å². The topological polar surface area (TPSA) is 147 Å². The highest BCUT2D eigenvalue weighted by Gasteiger charge is 2.53. The molecule has 55 heavy (non-hydrogen) atoms. The molecule has 0 bridgehead atoms. The number of anilines is 1. The molecule has 2 aliphatic rings. The van der Waals surface area contributed by atoms with Gasteiger partial charge >= 0.3 is 6.09 Å². The van der Waals surface area contributed by atoms with Crippen LogP contribution in [0.15, 0.2) is 36.7 Å². The van der Waals surface area contributed by atoms with Crippen LogP contribution >= 0.6 is 11.6 Å². The maximum atomic E-state index is 14.4. The maximum absolute atomic E-state index is 14.4. The molecule has 0 radical (unpaired) electrons. The zero-order valence-electron chi connectivity index (χ0n) is 32.1. The predicted molar refractivity (Wildman–Crippen MR) is 208 cm³/mol. The van der Waals surface area contributed by atoms with E-state index >= 15 is 0 Å². The lowest BCUT2D eigenvalue weighted by molar-refractivity contribution is -0.125.